The maximum Gasteiger partial charge on any atom is 0.278 e. The Hall–Kier alpha value is -1.53. The van der Waals surface area contributed by atoms with E-state index in [1.165, 1.54) is 6.42 Å². The van der Waals surface area contributed by atoms with E-state index < -0.39 is 0 Å². The summed E-state index contributed by atoms with van der Waals surface area (Å²) in [5.74, 6) is 0. The molecule has 21 heavy (non-hydrogen) atoms. The maximum atomic E-state index is 11.2. The normalized spacial score (nSPS) is 23.2. The smallest absolute Gasteiger partial charge is 0.278 e. The third-order valence-electron chi connectivity index (χ3n) is 4.56. The lowest BCUT2D eigenvalue weighted by Gasteiger charge is -2.40. The molecule has 0 aromatic carbocycles. The first kappa shape index (κ1) is 15.9. The molecule has 0 bridgehead atoms. The van der Waals surface area contributed by atoms with E-state index in [4.69, 9.17) is 5.73 Å². The first-order valence-corrected chi connectivity index (χ1v) is 7.51. The van der Waals surface area contributed by atoms with Crippen molar-refractivity contribution in [2.75, 3.05) is 6.54 Å². The Morgan fingerprint density at radius 2 is 2.19 bits per heavy atom. The van der Waals surface area contributed by atoms with Crippen LogP contribution in [0.4, 0.5) is 5.69 Å². The van der Waals surface area contributed by atoms with Crippen LogP contribution in [0, 0.1) is 24.0 Å². The van der Waals surface area contributed by atoms with Crippen LogP contribution in [-0.2, 0) is 6.54 Å². The molecule has 0 spiro atoms. The van der Waals surface area contributed by atoms with Gasteiger partial charge in [-0.15, -0.1) is 0 Å². The SMILES string of the molecule is Cc1cnc(CN2C(C)CCCC2CN)c(C)c1[N+](=O)[O-]. The highest BCUT2D eigenvalue weighted by Crippen LogP contribution is 2.28. The minimum atomic E-state index is -0.310. The van der Waals surface area contributed by atoms with Gasteiger partial charge in [-0.05, 0) is 33.6 Å². The number of nitrogens with two attached hydrogens (primary N) is 1. The number of pyridine rings is 1. The van der Waals surface area contributed by atoms with Gasteiger partial charge in [-0.25, -0.2) is 0 Å². The Bertz CT molecular complexity index is 533. The number of nitrogens with zero attached hydrogens (tertiary/aromatic N) is 3. The van der Waals surface area contributed by atoms with E-state index in [0.29, 0.717) is 36.3 Å². The summed E-state index contributed by atoms with van der Waals surface area (Å²) in [7, 11) is 0. The van der Waals surface area contributed by atoms with E-state index >= 15 is 0 Å². The number of aryl methyl sites for hydroxylation is 1. The average Bonchev–Trinajstić information content (AvgIpc) is 2.43. The molecule has 6 nitrogen and oxygen atoms in total. The minimum Gasteiger partial charge on any atom is -0.329 e. The van der Waals surface area contributed by atoms with E-state index in [-0.39, 0.29) is 10.6 Å². The van der Waals surface area contributed by atoms with Crippen molar-refractivity contribution in [2.45, 2.75) is 58.7 Å². The van der Waals surface area contributed by atoms with E-state index in [1.54, 1.807) is 20.0 Å². The Balaban J connectivity index is 2.30. The predicted molar refractivity (Wildman–Crippen MR) is 82.1 cm³/mol. The number of aromatic nitrogens is 1. The van der Waals surface area contributed by atoms with Crippen LogP contribution in [0.2, 0.25) is 0 Å². The van der Waals surface area contributed by atoms with Crippen molar-refractivity contribution in [3.63, 3.8) is 0 Å². The van der Waals surface area contributed by atoms with Crippen molar-refractivity contribution in [1.82, 2.24) is 9.88 Å². The third-order valence-corrected chi connectivity index (χ3v) is 4.56. The third kappa shape index (κ3) is 3.22. The van der Waals surface area contributed by atoms with Gasteiger partial charge < -0.3 is 5.73 Å². The molecule has 116 valence electrons. The number of likely N-dealkylation sites (tertiary alicyclic amines) is 1. The van der Waals surface area contributed by atoms with E-state index in [9.17, 15) is 10.1 Å². The maximum absolute atomic E-state index is 11.2. The van der Waals surface area contributed by atoms with Gasteiger partial charge in [-0.1, -0.05) is 6.42 Å². The number of rotatable bonds is 4. The molecule has 1 aromatic rings. The highest BCUT2D eigenvalue weighted by atomic mass is 16.6. The van der Waals surface area contributed by atoms with Crippen LogP contribution in [0.25, 0.3) is 0 Å². The van der Waals surface area contributed by atoms with Crippen LogP contribution in [-0.4, -0.2) is 33.4 Å². The summed E-state index contributed by atoms with van der Waals surface area (Å²) >= 11 is 0. The van der Waals surface area contributed by atoms with Crippen LogP contribution in [0.1, 0.15) is 43.0 Å². The molecule has 1 aromatic heterocycles. The van der Waals surface area contributed by atoms with Gasteiger partial charge in [0.05, 0.1) is 10.6 Å². The molecule has 0 aliphatic carbocycles. The van der Waals surface area contributed by atoms with Crippen molar-refractivity contribution < 1.29 is 4.92 Å². The fourth-order valence-corrected chi connectivity index (χ4v) is 3.26. The van der Waals surface area contributed by atoms with Gasteiger partial charge in [0.25, 0.3) is 5.69 Å². The fraction of sp³-hybridized carbons (Fsp3) is 0.667. The van der Waals surface area contributed by atoms with Crippen LogP contribution >= 0.6 is 0 Å². The van der Waals surface area contributed by atoms with Crippen molar-refractivity contribution in [2.24, 2.45) is 5.73 Å². The first-order valence-electron chi connectivity index (χ1n) is 7.51. The van der Waals surface area contributed by atoms with Gasteiger partial charge in [0.15, 0.2) is 0 Å². The van der Waals surface area contributed by atoms with Crippen LogP contribution in [0.15, 0.2) is 6.20 Å². The number of hydrogen-bond acceptors (Lipinski definition) is 5. The molecule has 1 aliphatic rings. The molecule has 1 saturated heterocycles. The summed E-state index contributed by atoms with van der Waals surface area (Å²) in [4.78, 5) is 17.7. The molecule has 0 amide bonds. The van der Waals surface area contributed by atoms with Crippen molar-refractivity contribution in [3.05, 3.63) is 33.1 Å². The highest BCUT2D eigenvalue weighted by Gasteiger charge is 2.29. The summed E-state index contributed by atoms with van der Waals surface area (Å²) in [6.07, 6.45) is 5.03. The van der Waals surface area contributed by atoms with Gasteiger partial charge in [0.2, 0.25) is 0 Å². The Labute approximate surface area is 125 Å². The molecule has 6 heteroatoms. The van der Waals surface area contributed by atoms with E-state index in [2.05, 4.69) is 16.8 Å². The van der Waals surface area contributed by atoms with Gasteiger partial charge in [-0.3, -0.25) is 20.0 Å². The molecule has 1 fully saturated rings. The lowest BCUT2D eigenvalue weighted by atomic mass is 9.95. The largest absolute Gasteiger partial charge is 0.329 e. The molecular weight excluding hydrogens is 268 g/mol. The highest BCUT2D eigenvalue weighted by molar-refractivity contribution is 5.47. The van der Waals surface area contributed by atoms with Gasteiger partial charge >= 0.3 is 0 Å². The minimum absolute atomic E-state index is 0.189. The second-order valence-corrected chi connectivity index (χ2v) is 5.96. The lowest BCUT2D eigenvalue weighted by molar-refractivity contribution is -0.386. The van der Waals surface area contributed by atoms with Crippen molar-refractivity contribution in [1.29, 1.82) is 0 Å². The lowest BCUT2D eigenvalue weighted by Crippen LogP contribution is -2.48. The summed E-state index contributed by atoms with van der Waals surface area (Å²) in [6.45, 7) is 6.97. The Kier molecular flexibility index (Phi) is 4.90. The molecule has 2 atom stereocenters. The second-order valence-electron chi connectivity index (χ2n) is 5.96. The predicted octanol–water partition coefficient (Wildman–Crippen LogP) is 2.31. The Morgan fingerprint density at radius 3 is 2.81 bits per heavy atom. The van der Waals surface area contributed by atoms with Gasteiger partial charge in [-0.2, -0.15) is 0 Å². The van der Waals surface area contributed by atoms with E-state index in [1.807, 2.05) is 0 Å². The molecular formula is C15H24N4O2. The number of piperidine rings is 1. The van der Waals surface area contributed by atoms with Gasteiger partial charge in [0.1, 0.15) is 0 Å². The van der Waals surface area contributed by atoms with Crippen molar-refractivity contribution in [3.8, 4) is 0 Å². The Morgan fingerprint density at radius 1 is 1.48 bits per heavy atom. The molecule has 2 rings (SSSR count). The summed E-state index contributed by atoms with van der Waals surface area (Å²) in [5.41, 5.74) is 8.15. The molecule has 2 heterocycles. The molecule has 0 radical (unpaired) electrons. The second kappa shape index (κ2) is 6.49. The molecule has 1 aliphatic heterocycles. The molecule has 2 N–H and O–H groups in total. The molecule has 2 unspecified atom stereocenters. The monoisotopic (exact) mass is 292 g/mol. The fourth-order valence-electron chi connectivity index (χ4n) is 3.26. The van der Waals surface area contributed by atoms with Gasteiger partial charge in [0, 0.05) is 42.5 Å². The first-order chi connectivity index (χ1) is 9.95. The van der Waals surface area contributed by atoms with Crippen LogP contribution < -0.4 is 5.73 Å². The zero-order valence-corrected chi connectivity index (χ0v) is 13.0. The summed E-state index contributed by atoms with van der Waals surface area (Å²) in [6, 6.07) is 0.782. The quantitative estimate of drug-likeness (QED) is 0.680. The number of nitro groups is 1. The zero-order chi connectivity index (χ0) is 15.6. The average molecular weight is 292 g/mol. The standard InChI is InChI=1S/C15H24N4O2/c1-10-8-17-14(12(3)15(10)19(20)21)9-18-11(2)5-4-6-13(18)7-16/h8,11,13H,4-7,9,16H2,1-3H3. The zero-order valence-electron chi connectivity index (χ0n) is 13.0. The van der Waals surface area contributed by atoms with Crippen molar-refractivity contribution >= 4 is 5.69 Å². The number of hydrogen-bond donors (Lipinski definition) is 1. The summed E-state index contributed by atoms with van der Waals surface area (Å²) in [5, 5.41) is 11.2. The summed E-state index contributed by atoms with van der Waals surface area (Å²) < 4.78 is 0. The van der Waals surface area contributed by atoms with E-state index in [0.717, 1.165) is 18.5 Å². The van der Waals surface area contributed by atoms with Crippen LogP contribution in [0.3, 0.4) is 0 Å². The molecule has 0 saturated carbocycles. The van der Waals surface area contributed by atoms with Crippen LogP contribution in [0.5, 0.6) is 0 Å². The topological polar surface area (TPSA) is 85.3 Å².